The van der Waals surface area contributed by atoms with E-state index in [2.05, 4.69) is 5.32 Å². The Morgan fingerprint density at radius 2 is 1.73 bits per heavy atom. The fourth-order valence-corrected chi connectivity index (χ4v) is 5.03. The fraction of sp³-hybridized carbons (Fsp3) is 0.208. The lowest BCUT2D eigenvalue weighted by molar-refractivity contribution is -0.128. The molecule has 1 atom stereocenters. The zero-order valence-electron chi connectivity index (χ0n) is 17.7. The summed E-state index contributed by atoms with van der Waals surface area (Å²) in [7, 11) is -3.93. The summed E-state index contributed by atoms with van der Waals surface area (Å²) in [6.45, 7) is 0.879. The third-order valence-corrected chi connectivity index (χ3v) is 7.13. The van der Waals surface area contributed by atoms with Crippen molar-refractivity contribution in [1.82, 2.24) is 5.32 Å². The molecule has 0 aromatic heterocycles. The highest BCUT2D eigenvalue weighted by Gasteiger charge is 2.37. The lowest BCUT2D eigenvalue weighted by Crippen LogP contribution is -2.51. The molecule has 7 nitrogen and oxygen atoms in total. The minimum Gasteiger partial charge on any atom is -0.476 e. The van der Waals surface area contributed by atoms with E-state index >= 15 is 0 Å². The normalized spacial score (nSPS) is 15.4. The number of amides is 1. The first-order chi connectivity index (χ1) is 15.9. The van der Waals surface area contributed by atoms with E-state index in [-0.39, 0.29) is 18.0 Å². The van der Waals surface area contributed by atoms with Crippen molar-refractivity contribution in [2.45, 2.75) is 17.6 Å². The quantitative estimate of drug-likeness (QED) is 0.491. The molecule has 33 heavy (non-hydrogen) atoms. The first-order valence-electron chi connectivity index (χ1n) is 10.4. The molecule has 4 rings (SSSR count). The van der Waals surface area contributed by atoms with Gasteiger partial charge in [0.2, 0.25) is 0 Å². The first kappa shape index (κ1) is 23.1. The monoisotopic (exact) mass is 486 g/mol. The van der Waals surface area contributed by atoms with Gasteiger partial charge in [0.25, 0.3) is 15.9 Å². The maximum absolute atomic E-state index is 13.3. The summed E-state index contributed by atoms with van der Waals surface area (Å²) in [5.74, 6) is -0.0918. The number of ether oxygens (including phenoxy) is 2. The van der Waals surface area contributed by atoms with Crippen molar-refractivity contribution in [2.75, 3.05) is 24.0 Å². The molecule has 0 bridgehead atoms. The van der Waals surface area contributed by atoms with Gasteiger partial charge in [0.15, 0.2) is 6.10 Å². The molecule has 0 aliphatic carbocycles. The van der Waals surface area contributed by atoms with E-state index in [1.807, 2.05) is 30.3 Å². The smallest absolute Gasteiger partial charge is 0.264 e. The van der Waals surface area contributed by atoms with Crippen LogP contribution in [0.15, 0.2) is 83.8 Å². The Balaban J connectivity index is 1.42. The summed E-state index contributed by atoms with van der Waals surface area (Å²) < 4.78 is 39.3. The minimum absolute atomic E-state index is 0.0806. The van der Waals surface area contributed by atoms with Crippen molar-refractivity contribution in [1.29, 1.82) is 0 Å². The number of hydrogen-bond acceptors (Lipinski definition) is 5. The molecule has 1 amide bonds. The largest absolute Gasteiger partial charge is 0.476 e. The molecule has 9 heteroatoms. The zero-order valence-corrected chi connectivity index (χ0v) is 19.3. The number of nitrogens with one attached hydrogen (secondary N) is 1. The van der Waals surface area contributed by atoms with Crippen LogP contribution in [0.25, 0.3) is 0 Å². The van der Waals surface area contributed by atoms with E-state index in [0.717, 1.165) is 5.56 Å². The maximum Gasteiger partial charge on any atom is 0.264 e. The number of sulfonamides is 1. The molecule has 3 aromatic rings. The molecule has 1 aliphatic heterocycles. The summed E-state index contributed by atoms with van der Waals surface area (Å²) in [5, 5.41) is 3.19. The number of carbonyl (C=O) groups is 1. The Morgan fingerprint density at radius 1 is 1.03 bits per heavy atom. The van der Waals surface area contributed by atoms with Gasteiger partial charge in [-0.3, -0.25) is 9.10 Å². The number of hydrogen-bond donors (Lipinski definition) is 1. The van der Waals surface area contributed by atoms with E-state index < -0.39 is 22.0 Å². The van der Waals surface area contributed by atoms with Gasteiger partial charge in [0.05, 0.1) is 30.3 Å². The third-order valence-electron chi connectivity index (χ3n) is 5.09. The molecule has 1 N–H and O–H groups in total. The number of fused-ring (bicyclic) bond motifs is 1. The van der Waals surface area contributed by atoms with Crippen molar-refractivity contribution >= 4 is 33.2 Å². The summed E-state index contributed by atoms with van der Waals surface area (Å²) in [5.41, 5.74) is 1.42. The van der Waals surface area contributed by atoms with Gasteiger partial charge < -0.3 is 14.8 Å². The van der Waals surface area contributed by atoms with Crippen LogP contribution in [0, 0.1) is 0 Å². The highest BCUT2D eigenvalue weighted by atomic mass is 35.5. The van der Waals surface area contributed by atoms with E-state index in [1.54, 1.807) is 24.3 Å². The Kier molecular flexibility index (Phi) is 7.17. The number of para-hydroxylation sites is 2. The van der Waals surface area contributed by atoms with Crippen molar-refractivity contribution in [3.8, 4) is 5.75 Å². The van der Waals surface area contributed by atoms with Gasteiger partial charge in [-0.05, 0) is 42.0 Å². The molecule has 0 spiro atoms. The van der Waals surface area contributed by atoms with Gasteiger partial charge in [-0.1, -0.05) is 54.1 Å². The van der Waals surface area contributed by atoms with Gasteiger partial charge in [0, 0.05) is 11.6 Å². The lowest BCUT2D eigenvalue weighted by Gasteiger charge is -2.34. The second-order valence-electron chi connectivity index (χ2n) is 7.39. The average Bonchev–Trinajstić information content (AvgIpc) is 2.84. The van der Waals surface area contributed by atoms with Crippen molar-refractivity contribution < 1.29 is 22.7 Å². The van der Waals surface area contributed by atoms with Crippen molar-refractivity contribution in [2.24, 2.45) is 0 Å². The van der Waals surface area contributed by atoms with Crippen LogP contribution in [-0.4, -0.2) is 40.1 Å². The SMILES string of the molecule is O=C(NCCOCc1ccccc1)C1CN(S(=O)(=O)c2ccc(Cl)cc2)c2ccccc2O1. The topological polar surface area (TPSA) is 84.9 Å². The van der Waals surface area contributed by atoms with Crippen molar-refractivity contribution in [3.63, 3.8) is 0 Å². The van der Waals surface area contributed by atoms with Gasteiger partial charge in [-0.15, -0.1) is 0 Å². The van der Waals surface area contributed by atoms with Gasteiger partial charge in [0.1, 0.15) is 5.75 Å². The molecular formula is C24H23ClN2O5S. The van der Waals surface area contributed by atoms with Gasteiger partial charge in [-0.25, -0.2) is 8.42 Å². The number of nitrogens with zero attached hydrogens (tertiary/aromatic N) is 1. The van der Waals surface area contributed by atoms with Crippen LogP contribution in [-0.2, 0) is 26.2 Å². The number of carbonyl (C=O) groups excluding carboxylic acids is 1. The predicted molar refractivity (Wildman–Crippen MR) is 126 cm³/mol. The molecule has 172 valence electrons. The maximum atomic E-state index is 13.3. The number of halogens is 1. The van der Waals surface area contributed by atoms with Crippen LogP contribution in [0.1, 0.15) is 5.56 Å². The van der Waals surface area contributed by atoms with Gasteiger partial charge in [-0.2, -0.15) is 0 Å². The number of anilines is 1. The Morgan fingerprint density at radius 3 is 2.48 bits per heavy atom. The number of rotatable bonds is 8. The predicted octanol–water partition coefficient (Wildman–Crippen LogP) is 3.63. The second kappa shape index (κ2) is 10.2. The molecule has 0 saturated heterocycles. The van der Waals surface area contributed by atoms with Crippen LogP contribution in [0.2, 0.25) is 5.02 Å². The van der Waals surface area contributed by atoms with Crippen LogP contribution >= 0.6 is 11.6 Å². The standard InChI is InChI=1S/C24H23ClN2O5S/c25-19-10-12-20(13-11-19)33(29,30)27-16-23(32-22-9-5-4-8-21(22)27)24(28)26-14-15-31-17-18-6-2-1-3-7-18/h1-13,23H,14-17H2,(H,26,28). The average molecular weight is 487 g/mol. The Hall–Kier alpha value is -3.07. The van der Waals surface area contributed by atoms with E-state index in [4.69, 9.17) is 21.1 Å². The Labute approximate surface area is 197 Å². The molecule has 0 saturated carbocycles. The fourth-order valence-electron chi connectivity index (χ4n) is 3.42. The molecule has 1 aliphatic rings. The summed E-state index contributed by atoms with van der Waals surface area (Å²) in [6.07, 6.45) is -1.00. The van der Waals surface area contributed by atoms with E-state index in [9.17, 15) is 13.2 Å². The van der Waals surface area contributed by atoms with E-state index in [0.29, 0.717) is 29.7 Å². The molecule has 3 aromatic carbocycles. The summed E-state index contributed by atoms with van der Waals surface area (Å²) in [6, 6.07) is 22.4. The summed E-state index contributed by atoms with van der Waals surface area (Å²) in [4.78, 5) is 12.8. The molecular weight excluding hydrogens is 464 g/mol. The molecule has 0 radical (unpaired) electrons. The van der Waals surface area contributed by atoms with Crippen LogP contribution < -0.4 is 14.4 Å². The van der Waals surface area contributed by atoms with E-state index in [1.165, 1.54) is 28.6 Å². The first-order valence-corrected chi connectivity index (χ1v) is 12.2. The second-order valence-corrected chi connectivity index (χ2v) is 9.69. The molecule has 1 heterocycles. The van der Waals surface area contributed by atoms with Crippen LogP contribution in [0.4, 0.5) is 5.69 Å². The highest BCUT2D eigenvalue weighted by molar-refractivity contribution is 7.92. The Bertz CT molecular complexity index is 1200. The lowest BCUT2D eigenvalue weighted by atomic mass is 10.2. The molecule has 0 fully saturated rings. The van der Waals surface area contributed by atoms with Gasteiger partial charge >= 0.3 is 0 Å². The molecule has 1 unspecified atom stereocenters. The minimum atomic E-state index is -3.93. The summed E-state index contributed by atoms with van der Waals surface area (Å²) >= 11 is 5.91. The van der Waals surface area contributed by atoms with Crippen LogP contribution in [0.5, 0.6) is 5.75 Å². The zero-order chi connectivity index (χ0) is 23.3. The highest BCUT2D eigenvalue weighted by Crippen LogP contribution is 2.36. The van der Waals surface area contributed by atoms with Crippen molar-refractivity contribution in [3.05, 3.63) is 89.4 Å². The van der Waals surface area contributed by atoms with Crippen LogP contribution in [0.3, 0.4) is 0 Å². The number of benzene rings is 3. The third kappa shape index (κ3) is 5.47.